The van der Waals surface area contributed by atoms with Crippen molar-refractivity contribution in [3.8, 4) is 0 Å². The summed E-state index contributed by atoms with van der Waals surface area (Å²) in [6.45, 7) is 0. The van der Waals surface area contributed by atoms with E-state index in [-0.39, 0.29) is 0 Å². The van der Waals surface area contributed by atoms with E-state index < -0.39 is 40.8 Å². The maximum absolute atomic E-state index is 12.8. The van der Waals surface area contributed by atoms with Crippen molar-refractivity contribution in [2.75, 3.05) is 5.32 Å². The van der Waals surface area contributed by atoms with E-state index in [4.69, 9.17) is 0 Å². The summed E-state index contributed by atoms with van der Waals surface area (Å²) in [5.74, 6) is -1.37. The van der Waals surface area contributed by atoms with Crippen LogP contribution in [0.15, 0.2) is 24.7 Å². The summed E-state index contributed by atoms with van der Waals surface area (Å²) in [6, 6.07) is 0.558. The van der Waals surface area contributed by atoms with Crippen molar-refractivity contribution < 1.29 is 31.1 Å². The summed E-state index contributed by atoms with van der Waals surface area (Å²) in [7, 11) is 1.18. The van der Waals surface area contributed by atoms with E-state index in [9.17, 15) is 31.1 Å². The Morgan fingerprint density at radius 1 is 1.17 bits per heavy atom. The van der Waals surface area contributed by atoms with Gasteiger partial charge in [0.05, 0.1) is 16.8 Å². The topological polar surface area (TPSA) is 59.8 Å². The molecule has 2 heterocycles. The highest BCUT2D eigenvalue weighted by Crippen LogP contribution is 2.35. The number of anilines is 1. The fourth-order valence-electron chi connectivity index (χ4n) is 1.80. The molecule has 0 bridgehead atoms. The summed E-state index contributed by atoms with van der Waals surface area (Å²) >= 11 is 0. The number of aromatic nitrogens is 3. The number of rotatable bonds is 2. The van der Waals surface area contributed by atoms with Crippen molar-refractivity contribution in [2.45, 2.75) is 12.4 Å². The van der Waals surface area contributed by atoms with Crippen LogP contribution >= 0.6 is 0 Å². The first-order valence-electron chi connectivity index (χ1n) is 5.93. The van der Waals surface area contributed by atoms with Crippen molar-refractivity contribution >= 4 is 11.6 Å². The first-order chi connectivity index (χ1) is 10.5. The maximum atomic E-state index is 12.8. The van der Waals surface area contributed by atoms with Crippen LogP contribution in [0.1, 0.15) is 21.6 Å². The molecule has 0 aromatic carbocycles. The first-order valence-corrected chi connectivity index (χ1v) is 5.93. The quantitative estimate of drug-likeness (QED) is 0.856. The molecular formula is C12H8F6N4O. The molecule has 1 N–H and O–H groups in total. The lowest BCUT2D eigenvalue weighted by atomic mass is 10.1. The van der Waals surface area contributed by atoms with Gasteiger partial charge in [-0.15, -0.1) is 0 Å². The highest BCUT2D eigenvalue weighted by molar-refractivity contribution is 6.05. The molecule has 2 rings (SSSR count). The van der Waals surface area contributed by atoms with Gasteiger partial charge >= 0.3 is 12.4 Å². The van der Waals surface area contributed by atoms with Gasteiger partial charge < -0.3 is 5.32 Å². The molecule has 0 aliphatic heterocycles. The number of hydrogen-bond acceptors (Lipinski definition) is 3. The van der Waals surface area contributed by atoms with Gasteiger partial charge in [-0.1, -0.05) is 0 Å². The number of carbonyl (C=O) groups excluding carboxylic acids is 1. The van der Waals surface area contributed by atoms with Crippen LogP contribution in [0.4, 0.5) is 32.0 Å². The highest BCUT2D eigenvalue weighted by atomic mass is 19.4. The smallest absolute Gasteiger partial charge is 0.319 e. The molecule has 0 spiro atoms. The SMILES string of the molecule is Cn1cc(NC(=O)c2cnccc2C(F)(F)F)c(C(F)(F)F)n1. The zero-order valence-electron chi connectivity index (χ0n) is 11.3. The van der Waals surface area contributed by atoms with E-state index in [2.05, 4.69) is 10.1 Å². The van der Waals surface area contributed by atoms with Gasteiger partial charge in [0, 0.05) is 25.6 Å². The maximum Gasteiger partial charge on any atom is 0.437 e. The first kappa shape index (κ1) is 16.8. The lowest BCUT2D eigenvalue weighted by Gasteiger charge is -2.12. The summed E-state index contributed by atoms with van der Waals surface area (Å²) in [5, 5.41) is 4.92. The van der Waals surface area contributed by atoms with E-state index in [0.717, 1.165) is 17.1 Å². The molecule has 0 radical (unpaired) electrons. The third-order valence-corrected chi connectivity index (χ3v) is 2.72. The highest BCUT2D eigenvalue weighted by Gasteiger charge is 2.39. The average molecular weight is 338 g/mol. The Labute approximate surface area is 124 Å². The molecule has 0 aliphatic carbocycles. The van der Waals surface area contributed by atoms with Gasteiger partial charge in [-0.05, 0) is 6.07 Å². The Morgan fingerprint density at radius 2 is 1.83 bits per heavy atom. The van der Waals surface area contributed by atoms with Crippen molar-refractivity contribution in [1.29, 1.82) is 0 Å². The van der Waals surface area contributed by atoms with Gasteiger partial charge in [-0.2, -0.15) is 31.4 Å². The van der Waals surface area contributed by atoms with Gasteiger partial charge in [-0.3, -0.25) is 14.5 Å². The molecule has 0 fully saturated rings. The van der Waals surface area contributed by atoms with Gasteiger partial charge in [0.25, 0.3) is 5.91 Å². The van der Waals surface area contributed by atoms with Crippen LogP contribution in [0.3, 0.4) is 0 Å². The molecule has 124 valence electrons. The number of hydrogen-bond donors (Lipinski definition) is 1. The zero-order chi connectivity index (χ0) is 17.4. The Hall–Kier alpha value is -2.59. The minimum absolute atomic E-state index is 0.558. The van der Waals surface area contributed by atoms with E-state index in [0.29, 0.717) is 12.3 Å². The van der Waals surface area contributed by atoms with Crippen molar-refractivity contribution in [3.05, 3.63) is 41.5 Å². The average Bonchev–Trinajstić information content (AvgIpc) is 2.78. The zero-order valence-corrected chi connectivity index (χ0v) is 11.3. The number of halogens is 6. The molecule has 11 heteroatoms. The minimum atomic E-state index is -4.87. The third-order valence-electron chi connectivity index (χ3n) is 2.72. The molecule has 2 aromatic heterocycles. The van der Waals surface area contributed by atoms with E-state index in [1.165, 1.54) is 7.05 Å². The van der Waals surface area contributed by atoms with Crippen LogP contribution < -0.4 is 5.32 Å². The predicted molar refractivity (Wildman–Crippen MR) is 65.4 cm³/mol. The largest absolute Gasteiger partial charge is 0.437 e. The summed E-state index contributed by atoms with van der Waals surface area (Å²) in [5.41, 5.74) is -4.35. The second-order valence-electron chi connectivity index (χ2n) is 4.44. The summed E-state index contributed by atoms with van der Waals surface area (Å²) < 4.78 is 77.5. The Morgan fingerprint density at radius 3 is 2.39 bits per heavy atom. The number of alkyl halides is 6. The van der Waals surface area contributed by atoms with Gasteiger partial charge in [0.2, 0.25) is 0 Å². The summed E-state index contributed by atoms with van der Waals surface area (Å²) in [4.78, 5) is 15.3. The van der Waals surface area contributed by atoms with Crippen LogP contribution in [0.25, 0.3) is 0 Å². The number of nitrogens with one attached hydrogen (secondary N) is 1. The number of carbonyl (C=O) groups is 1. The normalized spacial score (nSPS) is 12.3. The second kappa shape index (κ2) is 5.56. The number of pyridine rings is 1. The number of nitrogens with zero attached hydrogens (tertiary/aromatic N) is 3. The molecule has 5 nitrogen and oxygen atoms in total. The van der Waals surface area contributed by atoms with Crippen LogP contribution in [0.2, 0.25) is 0 Å². The van der Waals surface area contributed by atoms with E-state index in [1.54, 1.807) is 5.32 Å². The molecule has 23 heavy (non-hydrogen) atoms. The second-order valence-corrected chi connectivity index (χ2v) is 4.44. The van der Waals surface area contributed by atoms with Crippen LogP contribution in [0.5, 0.6) is 0 Å². The molecule has 0 saturated heterocycles. The lowest BCUT2D eigenvalue weighted by Crippen LogP contribution is -2.20. The fourth-order valence-corrected chi connectivity index (χ4v) is 1.80. The van der Waals surface area contributed by atoms with Gasteiger partial charge in [-0.25, -0.2) is 0 Å². The van der Waals surface area contributed by atoms with E-state index in [1.807, 2.05) is 0 Å². The number of amides is 1. The van der Waals surface area contributed by atoms with Crippen LogP contribution in [-0.4, -0.2) is 20.7 Å². The standard InChI is InChI=1S/C12H8F6N4O/c1-22-5-8(9(21-22)12(16,17)18)20-10(23)6-4-19-3-2-7(6)11(13,14)15/h2-5H,1H3,(H,20,23). The fraction of sp³-hybridized carbons (Fsp3) is 0.250. The molecule has 0 unspecified atom stereocenters. The molecule has 0 aliphatic rings. The van der Waals surface area contributed by atoms with Crippen molar-refractivity contribution in [3.63, 3.8) is 0 Å². The Kier molecular flexibility index (Phi) is 4.05. The van der Waals surface area contributed by atoms with Gasteiger partial charge in [0.1, 0.15) is 0 Å². The third kappa shape index (κ3) is 3.60. The minimum Gasteiger partial charge on any atom is -0.319 e. The Bertz CT molecular complexity index is 734. The Balaban J connectivity index is 2.39. The molecule has 1 amide bonds. The van der Waals surface area contributed by atoms with Crippen LogP contribution in [0, 0.1) is 0 Å². The molecular weight excluding hydrogens is 330 g/mol. The monoisotopic (exact) mass is 338 g/mol. The molecule has 0 atom stereocenters. The lowest BCUT2D eigenvalue weighted by molar-refractivity contribution is -0.141. The summed E-state index contributed by atoms with van der Waals surface area (Å²) in [6.07, 6.45) is -7.43. The predicted octanol–water partition coefficient (Wildman–Crippen LogP) is 3.11. The molecule has 0 saturated carbocycles. The van der Waals surface area contributed by atoms with Crippen molar-refractivity contribution in [2.24, 2.45) is 7.05 Å². The molecule has 2 aromatic rings. The number of aryl methyl sites for hydroxylation is 1. The van der Waals surface area contributed by atoms with Gasteiger partial charge in [0.15, 0.2) is 5.69 Å². The van der Waals surface area contributed by atoms with Crippen LogP contribution in [-0.2, 0) is 19.4 Å². The van der Waals surface area contributed by atoms with E-state index >= 15 is 0 Å². The van der Waals surface area contributed by atoms with Crippen molar-refractivity contribution in [1.82, 2.24) is 14.8 Å².